The summed E-state index contributed by atoms with van der Waals surface area (Å²) in [4.78, 5) is 17.1. The van der Waals surface area contributed by atoms with Crippen molar-refractivity contribution >= 4 is 22.0 Å². The van der Waals surface area contributed by atoms with Crippen molar-refractivity contribution in [3.8, 4) is 0 Å². The van der Waals surface area contributed by atoms with E-state index in [-0.39, 0.29) is 10.8 Å². The highest BCUT2D eigenvalue weighted by Gasteiger charge is 2.20. The lowest BCUT2D eigenvalue weighted by atomic mass is 10.1. The fourth-order valence-corrected chi connectivity index (χ4v) is 4.17. The van der Waals surface area contributed by atoms with Gasteiger partial charge >= 0.3 is 0 Å². The number of amides is 1. The Morgan fingerprint density at radius 2 is 1.67 bits per heavy atom. The third-order valence-electron chi connectivity index (χ3n) is 5.33. The number of hydrogen-bond donors (Lipinski definition) is 1. The normalized spacial score (nSPS) is 15.6. The van der Waals surface area contributed by atoms with Crippen LogP contribution in [0.25, 0.3) is 6.08 Å². The van der Waals surface area contributed by atoms with Gasteiger partial charge < -0.3 is 4.90 Å². The first-order valence-corrected chi connectivity index (χ1v) is 11.7. The molecule has 0 atom stereocenters. The standard InChI is InChI=1S/C23H29N3O3S/c1-24-30(28,29)22-12-9-21(10-13-22)11-14-23(27)26-18-16-25(17-19-26)15-5-8-20-6-3-2-4-7-20/h2-10,12-13,24H,11,14-19H2,1H3/b8-5+. The Bertz CT molecular complexity index is 949. The number of sulfonamides is 1. The van der Waals surface area contributed by atoms with Gasteiger partial charge in [-0.3, -0.25) is 9.69 Å². The van der Waals surface area contributed by atoms with Crippen LogP contribution in [0.2, 0.25) is 0 Å². The summed E-state index contributed by atoms with van der Waals surface area (Å²) in [6.07, 6.45) is 5.35. The predicted octanol–water partition coefficient (Wildman–Crippen LogP) is 2.38. The molecule has 6 nitrogen and oxygen atoms in total. The Morgan fingerprint density at radius 3 is 2.30 bits per heavy atom. The highest BCUT2D eigenvalue weighted by Crippen LogP contribution is 2.13. The van der Waals surface area contributed by atoms with E-state index in [1.54, 1.807) is 24.3 Å². The average Bonchev–Trinajstić information content (AvgIpc) is 2.79. The van der Waals surface area contributed by atoms with E-state index in [1.165, 1.54) is 12.6 Å². The number of hydrogen-bond acceptors (Lipinski definition) is 4. The van der Waals surface area contributed by atoms with Gasteiger partial charge in [-0.2, -0.15) is 0 Å². The second kappa shape index (κ2) is 10.5. The second-order valence-corrected chi connectivity index (χ2v) is 9.23. The molecule has 7 heteroatoms. The van der Waals surface area contributed by atoms with Crippen LogP contribution in [-0.2, 0) is 21.2 Å². The van der Waals surface area contributed by atoms with Crippen LogP contribution in [0.1, 0.15) is 17.5 Å². The largest absolute Gasteiger partial charge is 0.340 e. The van der Waals surface area contributed by atoms with Gasteiger partial charge in [0.1, 0.15) is 0 Å². The molecule has 0 spiro atoms. The second-order valence-electron chi connectivity index (χ2n) is 7.35. The molecule has 1 amide bonds. The number of carbonyl (C=O) groups excluding carboxylic acids is 1. The van der Waals surface area contributed by atoms with Crippen LogP contribution in [-0.4, -0.2) is 63.9 Å². The van der Waals surface area contributed by atoms with Crippen LogP contribution < -0.4 is 4.72 Å². The molecule has 1 N–H and O–H groups in total. The molecule has 1 heterocycles. The van der Waals surface area contributed by atoms with Gasteiger partial charge in [0.15, 0.2) is 0 Å². The van der Waals surface area contributed by atoms with E-state index >= 15 is 0 Å². The molecule has 1 saturated heterocycles. The summed E-state index contributed by atoms with van der Waals surface area (Å²) < 4.78 is 25.8. The van der Waals surface area contributed by atoms with Crippen molar-refractivity contribution in [2.24, 2.45) is 0 Å². The maximum absolute atomic E-state index is 12.5. The van der Waals surface area contributed by atoms with Crippen molar-refractivity contribution in [1.82, 2.24) is 14.5 Å². The minimum atomic E-state index is -3.43. The van der Waals surface area contributed by atoms with Gasteiger partial charge in [0, 0.05) is 39.1 Å². The SMILES string of the molecule is CNS(=O)(=O)c1ccc(CCC(=O)N2CCN(C/C=C/c3ccccc3)CC2)cc1. The summed E-state index contributed by atoms with van der Waals surface area (Å²) in [5.74, 6) is 0.154. The van der Waals surface area contributed by atoms with Gasteiger partial charge in [0.2, 0.25) is 15.9 Å². The number of nitrogens with zero attached hydrogens (tertiary/aromatic N) is 2. The van der Waals surface area contributed by atoms with Crippen molar-refractivity contribution in [3.05, 3.63) is 71.8 Å². The van der Waals surface area contributed by atoms with Crippen LogP contribution in [0.5, 0.6) is 0 Å². The zero-order valence-electron chi connectivity index (χ0n) is 17.3. The third kappa shape index (κ3) is 6.26. The fraction of sp³-hybridized carbons (Fsp3) is 0.348. The van der Waals surface area contributed by atoms with Crippen molar-refractivity contribution in [2.45, 2.75) is 17.7 Å². The van der Waals surface area contributed by atoms with E-state index in [0.29, 0.717) is 12.8 Å². The lowest BCUT2D eigenvalue weighted by Crippen LogP contribution is -2.48. The molecule has 3 rings (SSSR count). The van der Waals surface area contributed by atoms with Crippen LogP contribution in [0.4, 0.5) is 0 Å². The maximum Gasteiger partial charge on any atom is 0.240 e. The summed E-state index contributed by atoms with van der Waals surface area (Å²) in [5.41, 5.74) is 2.16. The molecular formula is C23H29N3O3S. The van der Waals surface area contributed by atoms with Gasteiger partial charge in [0.05, 0.1) is 4.90 Å². The lowest BCUT2D eigenvalue weighted by molar-refractivity contribution is -0.132. The first-order chi connectivity index (χ1) is 14.5. The van der Waals surface area contributed by atoms with Gasteiger partial charge in [-0.1, -0.05) is 54.6 Å². The number of nitrogens with one attached hydrogen (secondary N) is 1. The molecule has 0 aromatic heterocycles. The van der Waals surface area contributed by atoms with E-state index < -0.39 is 10.0 Å². The molecule has 2 aromatic rings. The van der Waals surface area contributed by atoms with Crippen molar-refractivity contribution < 1.29 is 13.2 Å². The summed E-state index contributed by atoms with van der Waals surface area (Å²) in [6, 6.07) is 16.9. The topological polar surface area (TPSA) is 69.7 Å². The van der Waals surface area contributed by atoms with Crippen LogP contribution in [0, 0.1) is 0 Å². The molecule has 0 aliphatic carbocycles. The van der Waals surface area contributed by atoms with E-state index in [9.17, 15) is 13.2 Å². The van der Waals surface area contributed by atoms with E-state index in [2.05, 4.69) is 33.9 Å². The first-order valence-electron chi connectivity index (χ1n) is 10.2. The number of aryl methyl sites for hydroxylation is 1. The monoisotopic (exact) mass is 427 g/mol. The Hall–Kier alpha value is -2.48. The molecule has 1 fully saturated rings. The molecule has 1 aliphatic heterocycles. The van der Waals surface area contributed by atoms with Crippen molar-refractivity contribution in [1.29, 1.82) is 0 Å². The lowest BCUT2D eigenvalue weighted by Gasteiger charge is -2.34. The Balaban J connectivity index is 1.40. The summed E-state index contributed by atoms with van der Waals surface area (Å²) in [5, 5.41) is 0. The molecule has 0 radical (unpaired) electrons. The molecule has 0 unspecified atom stereocenters. The molecule has 160 valence electrons. The highest BCUT2D eigenvalue weighted by molar-refractivity contribution is 7.89. The zero-order chi connectivity index (χ0) is 21.4. The first kappa shape index (κ1) is 22.2. The molecular weight excluding hydrogens is 398 g/mol. The van der Waals surface area contributed by atoms with Gasteiger partial charge in [-0.15, -0.1) is 0 Å². The molecule has 30 heavy (non-hydrogen) atoms. The van der Waals surface area contributed by atoms with Crippen molar-refractivity contribution in [3.63, 3.8) is 0 Å². The maximum atomic E-state index is 12.5. The van der Waals surface area contributed by atoms with Crippen LogP contribution in [0.15, 0.2) is 65.6 Å². The number of rotatable bonds is 8. The fourth-order valence-electron chi connectivity index (χ4n) is 3.44. The molecule has 0 bridgehead atoms. The van der Waals surface area contributed by atoms with Crippen molar-refractivity contribution in [2.75, 3.05) is 39.8 Å². The minimum absolute atomic E-state index is 0.154. The third-order valence-corrected chi connectivity index (χ3v) is 6.76. The molecule has 0 saturated carbocycles. The van der Waals surface area contributed by atoms with E-state index in [4.69, 9.17) is 0 Å². The summed E-state index contributed by atoms with van der Waals surface area (Å²) in [6.45, 7) is 4.14. The Kier molecular flexibility index (Phi) is 7.79. The summed E-state index contributed by atoms with van der Waals surface area (Å²) >= 11 is 0. The zero-order valence-corrected chi connectivity index (χ0v) is 18.1. The highest BCUT2D eigenvalue weighted by atomic mass is 32.2. The van der Waals surface area contributed by atoms with Crippen LogP contribution in [0.3, 0.4) is 0 Å². The minimum Gasteiger partial charge on any atom is -0.340 e. The van der Waals surface area contributed by atoms with Gasteiger partial charge in [0.25, 0.3) is 0 Å². The number of benzene rings is 2. The van der Waals surface area contributed by atoms with E-state index in [1.807, 2.05) is 23.1 Å². The van der Waals surface area contributed by atoms with Gasteiger partial charge in [-0.05, 0) is 36.7 Å². The smallest absolute Gasteiger partial charge is 0.240 e. The van der Waals surface area contributed by atoms with Crippen LogP contribution >= 0.6 is 0 Å². The number of piperazine rings is 1. The van der Waals surface area contributed by atoms with E-state index in [0.717, 1.165) is 38.3 Å². The Morgan fingerprint density at radius 1 is 1.00 bits per heavy atom. The predicted molar refractivity (Wildman–Crippen MR) is 120 cm³/mol. The molecule has 1 aliphatic rings. The van der Waals surface area contributed by atoms with Gasteiger partial charge in [-0.25, -0.2) is 13.1 Å². The summed E-state index contributed by atoms with van der Waals surface area (Å²) in [7, 11) is -2.04. The average molecular weight is 428 g/mol. The molecule has 2 aromatic carbocycles. The number of carbonyl (C=O) groups is 1. The Labute approximate surface area is 179 Å². The quantitative estimate of drug-likeness (QED) is 0.702.